The highest BCUT2D eigenvalue weighted by Gasteiger charge is 2.08. The molecule has 0 radical (unpaired) electrons. The van der Waals surface area contributed by atoms with Crippen LogP contribution in [0.2, 0.25) is 10.0 Å². The zero-order valence-corrected chi connectivity index (χ0v) is 12.9. The molecule has 17 heavy (non-hydrogen) atoms. The second-order valence-electron chi connectivity index (χ2n) is 3.14. The number of ether oxygens (including phenoxy) is 1. The van der Waals surface area contributed by atoms with E-state index in [4.69, 9.17) is 27.9 Å². The van der Waals surface area contributed by atoms with Crippen molar-refractivity contribution in [2.24, 2.45) is 0 Å². The van der Waals surface area contributed by atoms with Crippen LogP contribution in [0.4, 0.5) is 0 Å². The summed E-state index contributed by atoms with van der Waals surface area (Å²) in [5, 5.41) is 1.01. The van der Waals surface area contributed by atoms with Crippen LogP contribution in [0.1, 0.15) is 0 Å². The van der Waals surface area contributed by atoms with Gasteiger partial charge >= 0.3 is 0 Å². The van der Waals surface area contributed by atoms with Gasteiger partial charge in [-0.25, -0.2) is 0 Å². The van der Waals surface area contributed by atoms with Crippen LogP contribution in [0.25, 0.3) is 0 Å². The highest BCUT2D eigenvalue weighted by atomic mass is 79.9. The summed E-state index contributed by atoms with van der Waals surface area (Å²) in [4.78, 5) is 3.99. The lowest BCUT2D eigenvalue weighted by atomic mass is 10.3. The fraction of sp³-hybridized carbons (Fsp3) is 0. The van der Waals surface area contributed by atoms with Crippen molar-refractivity contribution < 1.29 is 4.74 Å². The molecule has 1 aromatic heterocycles. The molecule has 88 valence electrons. The Morgan fingerprint density at radius 1 is 1.00 bits per heavy atom. The number of hydrogen-bond acceptors (Lipinski definition) is 2. The largest absolute Gasteiger partial charge is 0.454 e. The summed E-state index contributed by atoms with van der Waals surface area (Å²) in [6, 6.07) is 5.12. The Balaban J connectivity index is 2.33. The minimum Gasteiger partial charge on any atom is -0.454 e. The van der Waals surface area contributed by atoms with Gasteiger partial charge in [0.15, 0.2) is 0 Å². The molecule has 0 aliphatic carbocycles. The predicted octanol–water partition coefficient (Wildman–Crippen LogP) is 5.71. The van der Waals surface area contributed by atoms with Gasteiger partial charge in [-0.2, -0.15) is 0 Å². The molecular weight excluding hydrogens is 393 g/mol. The van der Waals surface area contributed by atoms with Gasteiger partial charge in [0, 0.05) is 21.2 Å². The smallest absolute Gasteiger partial charge is 0.147 e. The van der Waals surface area contributed by atoms with E-state index in [0.29, 0.717) is 21.5 Å². The van der Waals surface area contributed by atoms with Gasteiger partial charge in [-0.15, -0.1) is 0 Å². The van der Waals surface area contributed by atoms with Crippen molar-refractivity contribution in [1.82, 2.24) is 4.98 Å². The second-order valence-corrected chi connectivity index (χ2v) is 5.72. The predicted molar refractivity (Wildman–Crippen MR) is 76.2 cm³/mol. The highest BCUT2D eigenvalue weighted by molar-refractivity contribution is 9.10. The number of aromatic nitrogens is 1. The molecule has 2 rings (SSSR count). The van der Waals surface area contributed by atoms with Gasteiger partial charge in [0.05, 0.1) is 16.2 Å². The molecule has 0 fully saturated rings. The van der Waals surface area contributed by atoms with E-state index in [2.05, 4.69) is 36.8 Å². The van der Waals surface area contributed by atoms with Crippen LogP contribution in [0.3, 0.4) is 0 Å². The van der Waals surface area contributed by atoms with Gasteiger partial charge < -0.3 is 4.74 Å². The van der Waals surface area contributed by atoms with Gasteiger partial charge in [-0.05, 0) is 44.0 Å². The van der Waals surface area contributed by atoms with E-state index in [1.54, 1.807) is 30.6 Å². The quantitative estimate of drug-likeness (QED) is 0.606. The fourth-order valence-corrected chi connectivity index (χ4v) is 2.33. The third-order valence-corrected chi connectivity index (χ3v) is 3.81. The molecule has 6 heteroatoms. The Morgan fingerprint density at radius 3 is 2.47 bits per heavy atom. The molecule has 0 spiro atoms. The average Bonchev–Trinajstić information content (AvgIpc) is 2.26. The monoisotopic (exact) mass is 395 g/mol. The van der Waals surface area contributed by atoms with E-state index in [0.717, 1.165) is 8.95 Å². The van der Waals surface area contributed by atoms with Crippen LogP contribution in [0.15, 0.2) is 39.5 Å². The minimum absolute atomic E-state index is 0.473. The maximum atomic E-state index is 6.05. The van der Waals surface area contributed by atoms with Crippen molar-refractivity contribution >= 4 is 55.1 Å². The molecule has 0 saturated heterocycles. The Hall–Kier alpha value is -0.290. The van der Waals surface area contributed by atoms with Crippen molar-refractivity contribution in [1.29, 1.82) is 0 Å². The number of benzene rings is 1. The maximum Gasteiger partial charge on any atom is 0.147 e. The van der Waals surface area contributed by atoms with Crippen molar-refractivity contribution in [3.8, 4) is 11.5 Å². The van der Waals surface area contributed by atoms with Gasteiger partial charge in [-0.3, -0.25) is 4.98 Å². The molecule has 1 aromatic carbocycles. The Morgan fingerprint density at radius 2 is 1.76 bits per heavy atom. The number of pyridine rings is 1. The van der Waals surface area contributed by atoms with Gasteiger partial charge in [0.25, 0.3) is 0 Å². The topological polar surface area (TPSA) is 22.1 Å². The van der Waals surface area contributed by atoms with Crippen LogP contribution in [-0.4, -0.2) is 4.98 Å². The summed E-state index contributed by atoms with van der Waals surface area (Å²) >= 11 is 18.6. The first kappa shape index (κ1) is 13.1. The van der Waals surface area contributed by atoms with E-state index in [1.165, 1.54) is 0 Å². The normalized spacial score (nSPS) is 10.4. The van der Waals surface area contributed by atoms with Crippen molar-refractivity contribution in [2.45, 2.75) is 0 Å². The van der Waals surface area contributed by atoms with Gasteiger partial charge in [0.1, 0.15) is 11.5 Å². The Bertz CT molecular complexity index is 563. The Labute approximate surface area is 125 Å². The first-order valence-corrected chi connectivity index (χ1v) is 6.83. The first-order valence-electron chi connectivity index (χ1n) is 4.49. The molecule has 1 heterocycles. The molecule has 0 amide bonds. The van der Waals surface area contributed by atoms with E-state index >= 15 is 0 Å². The third kappa shape index (κ3) is 3.35. The van der Waals surface area contributed by atoms with Crippen LogP contribution >= 0.6 is 55.1 Å². The highest BCUT2D eigenvalue weighted by Crippen LogP contribution is 2.36. The minimum atomic E-state index is 0.473. The summed E-state index contributed by atoms with van der Waals surface area (Å²) in [5.74, 6) is 1.07. The summed E-state index contributed by atoms with van der Waals surface area (Å²) in [7, 11) is 0. The molecule has 0 bridgehead atoms. The number of halogens is 4. The molecule has 0 unspecified atom stereocenters. The molecule has 2 aromatic rings. The number of hydrogen-bond donors (Lipinski definition) is 0. The van der Waals surface area contributed by atoms with Gasteiger partial charge in [0.2, 0.25) is 0 Å². The van der Waals surface area contributed by atoms with Crippen molar-refractivity contribution in [3.63, 3.8) is 0 Å². The standard InChI is InChI=1S/C11H5Br2Cl2NO/c12-6-1-7(5-16-4-6)17-11-3-9(14)8(13)2-10(11)15/h1-5H. The van der Waals surface area contributed by atoms with Crippen LogP contribution < -0.4 is 4.74 Å². The van der Waals surface area contributed by atoms with E-state index in [-0.39, 0.29) is 0 Å². The molecular formula is C11H5Br2Cl2NO. The molecule has 2 nitrogen and oxygen atoms in total. The lowest BCUT2D eigenvalue weighted by Gasteiger charge is -2.08. The Kier molecular flexibility index (Phi) is 4.31. The van der Waals surface area contributed by atoms with E-state index in [1.807, 2.05) is 0 Å². The van der Waals surface area contributed by atoms with Crippen molar-refractivity contribution in [3.05, 3.63) is 49.6 Å². The van der Waals surface area contributed by atoms with Crippen LogP contribution in [0.5, 0.6) is 11.5 Å². The summed E-state index contributed by atoms with van der Waals surface area (Å²) in [6.45, 7) is 0. The van der Waals surface area contributed by atoms with Gasteiger partial charge in [-0.1, -0.05) is 23.2 Å². The lowest BCUT2D eigenvalue weighted by Crippen LogP contribution is -1.87. The average molecular weight is 398 g/mol. The zero-order chi connectivity index (χ0) is 12.4. The second kappa shape index (κ2) is 5.57. The molecule has 0 aliphatic rings. The molecule has 0 aliphatic heterocycles. The number of nitrogens with zero attached hydrogens (tertiary/aromatic N) is 1. The van der Waals surface area contributed by atoms with E-state index < -0.39 is 0 Å². The lowest BCUT2D eigenvalue weighted by molar-refractivity contribution is 0.480. The van der Waals surface area contributed by atoms with E-state index in [9.17, 15) is 0 Å². The number of rotatable bonds is 2. The molecule has 0 atom stereocenters. The first-order chi connectivity index (χ1) is 8.06. The summed E-state index contributed by atoms with van der Waals surface area (Å²) in [6.07, 6.45) is 3.26. The zero-order valence-electron chi connectivity index (χ0n) is 8.25. The SMILES string of the molecule is Clc1cc(Oc2cncc(Br)c2)c(Cl)cc1Br. The molecule has 0 saturated carbocycles. The fourth-order valence-electron chi connectivity index (χ4n) is 1.16. The van der Waals surface area contributed by atoms with Crippen LogP contribution in [0, 0.1) is 0 Å². The summed E-state index contributed by atoms with van der Waals surface area (Å²) < 4.78 is 7.15. The summed E-state index contributed by atoms with van der Waals surface area (Å²) in [5.41, 5.74) is 0. The third-order valence-electron chi connectivity index (χ3n) is 1.88. The van der Waals surface area contributed by atoms with Crippen LogP contribution in [-0.2, 0) is 0 Å². The maximum absolute atomic E-state index is 6.05. The molecule has 0 N–H and O–H groups in total. The van der Waals surface area contributed by atoms with Crippen molar-refractivity contribution in [2.75, 3.05) is 0 Å².